The van der Waals surface area contributed by atoms with Crippen molar-refractivity contribution in [3.05, 3.63) is 35.5 Å². The van der Waals surface area contributed by atoms with Crippen LogP contribution in [0, 0.1) is 0 Å². The SMILES string of the molecule is CCOC(=O)/C(C)=C/C=C/C(C)=C/CO. The number of carbonyl (C=O) groups is 1. The van der Waals surface area contributed by atoms with E-state index in [9.17, 15) is 4.79 Å². The van der Waals surface area contributed by atoms with Crippen LogP contribution >= 0.6 is 0 Å². The number of esters is 1. The summed E-state index contributed by atoms with van der Waals surface area (Å²) in [5.74, 6) is -0.300. The second kappa shape index (κ2) is 8.00. The van der Waals surface area contributed by atoms with E-state index in [1.807, 2.05) is 13.0 Å². The first-order valence-electron chi connectivity index (χ1n) is 4.91. The lowest BCUT2D eigenvalue weighted by molar-refractivity contribution is -0.138. The average molecular weight is 210 g/mol. The molecule has 0 radical (unpaired) electrons. The molecule has 0 atom stereocenters. The Hall–Kier alpha value is -1.35. The average Bonchev–Trinajstić information content (AvgIpc) is 2.18. The van der Waals surface area contributed by atoms with E-state index in [1.54, 1.807) is 32.1 Å². The molecular weight excluding hydrogens is 192 g/mol. The van der Waals surface area contributed by atoms with Crippen molar-refractivity contribution >= 4 is 5.97 Å². The molecule has 0 saturated heterocycles. The van der Waals surface area contributed by atoms with Crippen LogP contribution in [0.5, 0.6) is 0 Å². The van der Waals surface area contributed by atoms with Gasteiger partial charge in [-0.05, 0) is 20.8 Å². The molecule has 0 heterocycles. The monoisotopic (exact) mass is 210 g/mol. The summed E-state index contributed by atoms with van der Waals surface area (Å²) in [6.07, 6.45) is 6.95. The van der Waals surface area contributed by atoms with Gasteiger partial charge in [-0.25, -0.2) is 4.79 Å². The van der Waals surface area contributed by atoms with E-state index >= 15 is 0 Å². The Balaban J connectivity index is 4.27. The van der Waals surface area contributed by atoms with Crippen molar-refractivity contribution in [1.29, 1.82) is 0 Å². The molecule has 3 heteroatoms. The summed E-state index contributed by atoms with van der Waals surface area (Å²) in [6, 6.07) is 0. The largest absolute Gasteiger partial charge is 0.463 e. The summed E-state index contributed by atoms with van der Waals surface area (Å²) < 4.78 is 4.81. The molecule has 0 amide bonds. The molecule has 15 heavy (non-hydrogen) atoms. The lowest BCUT2D eigenvalue weighted by Crippen LogP contribution is -2.04. The number of allylic oxidation sites excluding steroid dienone is 4. The highest BCUT2D eigenvalue weighted by molar-refractivity contribution is 5.88. The smallest absolute Gasteiger partial charge is 0.333 e. The van der Waals surface area contributed by atoms with Gasteiger partial charge >= 0.3 is 5.97 Å². The van der Waals surface area contributed by atoms with Gasteiger partial charge in [-0.2, -0.15) is 0 Å². The van der Waals surface area contributed by atoms with E-state index in [1.165, 1.54) is 0 Å². The van der Waals surface area contributed by atoms with Gasteiger partial charge in [-0.3, -0.25) is 0 Å². The molecule has 0 aromatic carbocycles. The van der Waals surface area contributed by atoms with Crippen LogP contribution in [0.15, 0.2) is 35.5 Å². The number of carbonyl (C=O) groups excluding carboxylic acids is 1. The van der Waals surface area contributed by atoms with E-state index in [0.717, 1.165) is 5.57 Å². The molecule has 0 aromatic heterocycles. The molecule has 0 aliphatic heterocycles. The first kappa shape index (κ1) is 13.7. The van der Waals surface area contributed by atoms with Crippen LogP contribution in [-0.2, 0) is 9.53 Å². The maximum absolute atomic E-state index is 11.2. The van der Waals surface area contributed by atoms with Gasteiger partial charge in [0.25, 0.3) is 0 Å². The molecule has 0 bridgehead atoms. The molecule has 0 spiro atoms. The third-order valence-electron chi connectivity index (χ3n) is 1.72. The Labute approximate surface area is 90.8 Å². The summed E-state index contributed by atoms with van der Waals surface area (Å²) in [4.78, 5) is 11.2. The summed E-state index contributed by atoms with van der Waals surface area (Å²) in [5, 5.41) is 8.60. The summed E-state index contributed by atoms with van der Waals surface area (Å²) >= 11 is 0. The highest BCUT2D eigenvalue weighted by Crippen LogP contribution is 1.99. The summed E-state index contributed by atoms with van der Waals surface area (Å²) in [6.45, 7) is 5.76. The Kier molecular flexibility index (Phi) is 7.28. The van der Waals surface area contributed by atoms with Crippen molar-refractivity contribution in [2.75, 3.05) is 13.2 Å². The number of aliphatic hydroxyl groups is 1. The van der Waals surface area contributed by atoms with Crippen molar-refractivity contribution in [2.24, 2.45) is 0 Å². The van der Waals surface area contributed by atoms with Crippen molar-refractivity contribution in [1.82, 2.24) is 0 Å². The maximum atomic E-state index is 11.2. The minimum absolute atomic E-state index is 0.0245. The standard InChI is InChI=1S/C12H18O3/c1-4-15-12(14)11(3)7-5-6-10(2)8-9-13/h5-8,13H,4,9H2,1-3H3/b6-5+,10-8+,11-7+. The van der Waals surface area contributed by atoms with Crippen LogP contribution in [0.2, 0.25) is 0 Å². The second-order valence-corrected chi connectivity index (χ2v) is 3.06. The van der Waals surface area contributed by atoms with Gasteiger partial charge < -0.3 is 9.84 Å². The molecule has 84 valence electrons. The van der Waals surface area contributed by atoms with Gasteiger partial charge in [-0.15, -0.1) is 0 Å². The van der Waals surface area contributed by atoms with Crippen LogP contribution in [0.3, 0.4) is 0 Å². The zero-order chi connectivity index (χ0) is 11.7. The second-order valence-electron chi connectivity index (χ2n) is 3.06. The third kappa shape index (κ3) is 6.69. The Morgan fingerprint density at radius 1 is 1.40 bits per heavy atom. The highest BCUT2D eigenvalue weighted by Gasteiger charge is 2.01. The molecule has 1 N–H and O–H groups in total. The van der Waals surface area contributed by atoms with Gasteiger partial charge in [0.05, 0.1) is 13.2 Å². The van der Waals surface area contributed by atoms with Crippen LogP contribution in [0.25, 0.3) is 0 Å². The van der Waals surface area contributed by atoms with Crippen LogP contribution < -0.4 is 0 Å². The molecule has 0 aliphatic carbocycles. The summed E-state index contributed by atoms with van der Waals surface area (Å²) in [7, 11) is 0. The normalized spacial score (nSPS) is 13.3. The van der Waals surface area contributed by atoms with E-state index < -0.39 is 0 Å². The van der Waals surface area contributed by atoms with Gasteiger partial charge in [0.15, 0.2) is 0 Å². The van der Waals surface area contributed by atoms with Gasteiger partial charge in [-0.1, -0.05) is 29.9 Å². The first-order valence-corrected chi connectivity index (χ1v) is 4.91. The zero-order valence-corrected chi connectivity index (χ0v) is 9.49. The van der Waals surface area contributed by atoms with Gasteiger partial charge in [0.2, 0.25) is 0 Å². The Morgan fingerprint density at radius 2 is 2.07 bits per heavy atom. The molecule has 3 nitrogen and oxygen atoms in total. The van der Waals surface area contributed by atoms with E-state index in [4.69, 9.17) is 9.84 Å². The third-order valence-corrected chi connectivity index (χ3v) is 1.72. The lowest BCUT2D eigenvalue weighted by Gasteiger charge is -1.99. The number of rotatable bonds is 5. The molecule has 0 rings (SSSR count). The van der Waals surface area contributed by atoms with Gasteiger partial charge in [0, 0.05) is 5.57 Å². The maximum Gasteiger partial charge on any atom is 0.333 e. The molecular formula is C12H18O3. The van der Waals surface area contributed by atoms with E-state index in [0.29, 0.717) is 12.2 Å². The predicted octanol–water partition coefficient (Wildman–Crippen LogP) is 1.99. The number of hydrogen-bond donors (Lipinski definition) is 1. The minimum atomic E-state index is -0.300. The highest BCUT2D eigenvalue weighted by atomic mass is 16.5. The van der Waals surface area contributed by atoms with E-state index in [2.05, 4.69) is 0 Å². The van der Waals surface area contributed by atoms with Crippen molar-refractivity contribution in [3.8, 4) is 0 Å². The van der Waals surface area contributed by atoms with E-state index in [-0.39, 0.29) is 12.6 Å². The molecule has 0 aromatic rings. The van der Waals surface area contributed by atoms with Gasteiger partial charge in [0.1, 0.15) is 0 Å². The Bertz CT molecular complexity index is 285. The fourth-order valence-electron chi connectivity index (χ4n) is 0.869. The van der Waals surface area contributed by atoms with Crippen molar-refractivity contribution in [3.63, 3.8) is 0 Å². The number of aliphatic hydroxyl groups excluding tert-OH is 1. The van der Waals surface area contributed by atoms with Crippen LogP contribution in [0.4, 0.5) is 0 Å². The molecule has 0 unspecified atom stereocenters. The molecule has 0 saturated carbocycles. The summed E-state index contributed by atoms with van der Waals surface area (Å²) in [5.41, 5.74) is 1.51. The minimum Gasteiger partial charge on any atom is -0.463 e. The lowest BCUT2D eigenvalue weighted by atomic mass is 10.2. The zero-order valence-electron chi connectivity index (χ0n) is 9.49. The van der Waals surface area contributed by atoms with Crippen molar-refractivity contribution in [2.45, 2.75) is 20.8 Å². The topological polar surface area (TPSA) is 46.5 Å². The molecule has 0 aliphatic rings. The molecule has 0 fully saturated rings. The quantitative estimate of drug-likeness (QED) is 0.429. The number of ether oxygens (including phenoxy) is 1. The fourth-order valence-corrected chi connectivity index (χ4v) is 0.869. The van der Waals surface area contributed by atoms with Crippen molar-refractivity contribution < 1.29 is 14.6 Å². The van der Waals surface area contributed by atoms with Crippen LogP contribution in [0.1, 0.15) is 20.8 Å². The number of hydrogen-bond acceptors (Lipinski definition) is 3. The fraction of sp³-hybridized carbons (Fsp3) is 0.417. The Morgan fingerprint density at radius 3 is 2.60 bits per heavy atom. The van der Waals surface area contributed by atoms with Crippen LogP contribution in [-0.4, -0.2) is 24.3 Å². The predicted molar refractivity (Wildman–Crippen MR) is 60.4 cm³/mol. The first-order chi connectivity index (χ1) is 7.11.